The Labute approximate surface area is 246 Å². The summed E-state index contributed by atoms with van der Waals surface area (Å²) in [5, 5.41) is 22.7. The number of likely N-dealkylation sites (tertiary alicyclic amines) is 1. The van der Waals surface area contributed by atoms with Gasteiger partial charge in [-0.1, -0.05) is 41.4 Å². The molecule has 13 heteroatoms. The maximum Gasteiger partial charge on any atom is 0.326 e. The lowest BCUT2D eigenvalue weighted by Gasteiger charge is -2.37. The molecule has 2 heterocycles. The number of carboxylic acid groups (broad SMARTS) is 1. The molecule has 5 rings (SSSR count). The number of ether oxygens (including phenoxy) is 2. The molecule has 0 aliphatic carbocycles. The van der Waals surface area contributed by atoms with Gasteiger partial charge >= 0.3 is 5.97 Å². The Hall–Kier alpha value is -3.51. The number of hydrogen-bond donors (Lipinski definition) is 2. The molecular formula is C28H26Cl2N2O8S. The summed E-state index contributed by atoms with van der Waals surface area (Å²) in [4.78, 5) is 27.3. The van der Waals surface area contributed by atoms with E-state index in [0.717, 1.165) is 9.21 Å². The highest BCUT2D eigenvalue weighted by atomic mass is 35.5. The maximum atomic E-state index is 14.5. The molecule has 2 aliphatic rings. The molecule has 2 N–H and O–H groups in total. The van der Waals surface area contributed by atoms with E-state index in [4.69, 9.17) is 32.7 Å². The minimum atomic E-state index is -4.62. The first kappa shape index (κ1) is 29.0. The number of halogens is 2. The summed E-state index contributed by atoms with van der Waals surface area (Å²) in [5.41, 5.74) is -2.28. The van der Waals surface area contributed by atoms with Crippen LogP contribution in [0, 0.1) is 0 Å². The number of fused-ring (bicyclic) bond motifs is 1. The van der Waals surface area contributed by atoms with Gasteiger partial charge in [0.1, 0.15) is 11.6 Å². The van der Waals surface area contributed by atoms with Crippen LogP contribution in [-0.4, -0.2) is 68.3 Å². The van der Waals surface area contributed by atoms with E-state index in [-0.39, 0.29) is 56.2 Å². The van der Waals surface area contributed by atoms with Gasteiger partial charge in [0, 0.05) is 33.8 Å². The molecular weight excluding hydrogens is 595 g/mol. The van der Waals surface area contributed by atoms with Gasteiger partial charge in [-0.15, -0.1) is 0 Å². The van der Waals surface area contributed by atoms with Crippen molar-refractivity contribution in [3.05, 3.63) is 81.8 Å². The number of benzene rings is 3. The molecule has 216 valence electrons. The Morgan fingerprint density at radius 1 is 0.976 bits per heavy atom. The summed E-state index contributed by atoms with van der Waals surface area (Å²) in [6.07, 6.45) is 0.570. The van der Waals surface area contributed by atoms with Gasteiger partial charge in [-0.05, 0) is 49.2 Å². The number of carbonyl (C=O) groups is 2. The van der Waals surface area contributed by atoms with E-state index >= 15 is 0 Å². The summed E-state index contributed by atoms with van der Waals surface area (Å²) in [6, 6.07) is 11.3. The molecule has 1 fully saturated rings. The van der Waals surface area contributed by atoms with Gasteiger partial charge in [0.2, 0.25) is 0 Å². The molecule has 0 radical (unpaired) electrons. The van der Waals surface area contributed by atoms with E-state index in [0.29, 0.717) is 6.42 Å². The van der Waals surface area contributed by atoms with E-state index in [2.05, 4.69) is 0 Å². The highest BCUT2D eigenvalue weighted by molar-refractivity contribution is 7.93. The van der Waals surface area contributed by atoms with Crippen molar-refractivity contribution < 1.29 is 37.7 Å². The molecule has 41 heavy (non-hydrogen) atoms. The fourth-order valence-corrected chi connectivity index (χ4v) is 7.72. The number of aliphatic carboxylic acids is 1. The second kappa shape index (κ2) is 10.7. The lowest BCUT2D eigenvalue weighted by atomic mass is 9.82. The van der Waals surface area contributed by atoms with Crippen LogP contribution in [0.4, 0.5) is 5.69 Å². The molecule has 0 bridgehead atoms. The smallest absolute Gasteiger partial charge is 0.326 e. The lowest BCUT2D eigenvalue weighted by molar-refractivity contribution is -0.150. The molecule has 10 nitrogen and oxygen atoms in total. The minimum absolute atomic E-state index is 0.0176. The van der Waals surface area contributed by atoms with Crippen LogP contribution in [0.1, 0.15) is 24.0 Å². The first-order chi connectivity index (χ1) is 19.5. The van der Waals surface area contributed by atoms with Crippen molar-refractivity contribution in [2.24, 2.45) is 0 Å². The number of rotatable bonds is 7. The van der Waals surface area contributed by atoms with Gasteiger partial charge in [-0.2, -0.15) is 0 Å². The molecule has 2 unspecified atom stereocenters. The second-order valence-electron chi connectivity index (χ2n) is 9.66. The van der Waals surface area contributed by atoms with Crippen molar-refractivity contribution in [3.8, 4) is 11.5 Å². The number of carbonyl (C=O) groups excluding carboxylic acids is 1. The number of amides is 1. The van der Waals surface area contributed by atoms with Crippen LogP contribution >= 0.6 is 23.2 Å². The zero-order valence-electron chi connectivity index (χ0n) is 22.0. The van der Waals surface area contributed by atoms with Crippen molar-refractivity contribution in [3.63, 3.8) is 0 Å². The molecule has 3 aromatic rings. The van der Waals surface area contributed by atoms with Crippen LogP contribution in [-0.2, 0) is 25.2 Å². The third kappa shape index (κ3) is 4.57. The van der Waals surface area contributed by atoms with Crippen LogP contribution in [0.2, 0.25) is 10.0 Å². The quantitative estimate of drug-likeness (QED) is 0.406. The Balaban J connectivity index is 1.80. The zero-order valence-corrected chi connectivity index (χ0v) is 24.3. The molecule has 0 spiro atoms. The Morgan fingerprint density at radius 3 is 2.34 bits per heavy atom. The minimum Gasteiger partial charge on any atom is -0.493 e. The Morgan fingerprint density at radius 2 is 1.68 bits per heavy atom. The van der Waals surface area contributed by atoms with E-state index in [9.17, 15) is 28.2 Å². The molecule has 3 atom stereocenters. The molecule has 3 aromatic carbocycles. The number of nitrogens with zero attached hydrogens (tertiary/aromatic N) is 2. The first-order valence-electron chi connectivity index (χ1n) is 12.5. The summed E-state index contributed by atoms with van der Waals surface area (Å²) < 4.78 is 40.3. The Kier molecular flexibility index (Phi) is 7.58. The third-order valence-corrected chi connectivity index (χ3v) is 9.83. The number of aliphatic hydroxyl groups is 1. The molecule has 1 saturated heterocycles. The topological polar surface area (TPSA) is 134 Å². The van der Waals surface area contributed by atoms with E-state index in [1.807, 2.05) is 0 Å². The summed E-state index contributed by atoms with van der Waals surface area (Å²) in [5.74, 6) is -1.72. The van der Waals surface area contributed by atoms with Crippen molar-refractivity contribution in [1.29, 1.82) is 0 Å². The van der Waals surface area contributed by atoms with Crippen molar-refractivity contribution in [2.45, 2.75) is 35.4 Å². The Bertz CT molecular complexity index is 1650. The van der Waals surface area contributed by atoms with Gasteiger partial charge in [-0.25, -0.2) is 17.5 Å². The summed E-state index contributed by atoms with van der Waals surface area (Å²) in [7, 11) is -1.87. The van der Waals surface area contributed by atoms with Gasteiger partial charge in [0.05, 0.1) is 24.8 Å². The predicted molar refractivity (Wildman–Crippen MR) is 151 cm³/mol. The second-order valence-corrected chi connectivity index (χ2v) is 12.3. The van der Waals surface area contributed by atoms with Crippen LogP contribution in [0.5, 0.6) is 11.5 Å². The average Bonchev–Trinajstić information content (AvgIpc) is 3.55. The molecule has 2 aliphatic heterocycles. The number of carboxylic acids is 1. The standard InChI is InChI=1S/C28H26Cl2N2O8S/c1-39-23-12-10-17(15-24(23)40-2)41(37,38)32-21-11-9-16(29)14-19(21)28(36,18-6-3-4-7-20(18)30)25(32)26(33)31-13-5-8-22(31)27(34)35/h3-4,6-7,9-12,14-15,22,25,36H,5,8,13H2,1-2H3,(H,34,35)/t22-,25?,28?/m0/s1. The van der Waals surface area contributed by atoms with Gasteiger partial charge in [-0.3, -0.25) is 4.79 Å². The van der Waals surface area contributed by atoms with E-state index < -0.39 is 39.6 Å². The highest BCUT2D eigenvalue weighted by Crippen LogP contribution is 2.53. The van der Waals surface area contributed by atoms with Crippen LogP contribution in [0.25, 0.3) is 0 Å². The summed E-state index contributed by atoms with van der Waals surface area (Å²) >= 11 is 12.9. The number of methoxy groups -OCH3 is 2. The SMILES string of the molecule is COc1ccc(S(=O)(=O)N2c3ccc(Cl)cc3C(O)(c3ccccc3Cl)C2C(=O)N2CCC[C@H]2C(=O)O)cc1OC. The largest absolute Gasteiger partial charge is 0.493 e. The fourth-order valence-electron chi connectivity index (χ4n) is 5.61. The van der Waals surface area contributed by atoms with Crippen molar-refractivity contribution in [1.82, 2.24) is 4.90 Å². The van der Waals surface area contributed by atoms with Gasteiger partial charge < -0.3 is 24.6 Å². The predicted octanol–water partition coefficient (Wildman–Crippen LogP) is 3.90. The van der Waals surface area contributed by atoms with Gasteiger partial charge in [0.15, 0.2) is 17.5 Å². The normalized spacial score (nSPS) is 22.0. The molecule has 1 amide bonds. The average molecular weight is 621 g/mol. The monoisotopic (exact) mass is 620 g/mol. The number of anilines is 1. The van der Waals surface area contributed by atoms with Crippen molar-refractivity contribution >= 4 is 50.8 Å². The lowest BCUT2D eigenvalue weighted by Crippen LogP contribution is -2.59. The maximum absolute atomic E-state index is 14.5. The third-order valence-electron chi connectivity index (χ3n) is 7.49. The van der Waals surface area contributed by atoms with Crippen LogP contribution in [0.3, 0.4) is 0 Å². The zero-order chi connectivity index (χ0) is 29.7. The van der Waals surface area contributed by atoms with Crippen molar-refractivity contribution in [2.75, 3.05) is 25.1 Å². The first-order valence-corrected chi connectivity index (χ1v) is 14.7. The van der Waals surface area contributed by atoms with E-state index in [1.165, 1.54) is 62.8 Å². The number of sulfonamides is 1. The van der Waals surface area contributed by atoms with Crippen LogP contribution < -0.4 is 13.8 Å². The summed E-state index contributed by atoms with van der Waals surface area (Å²) in [6.45, 7) is 0.0618. The van der Waals surface area contributed by atoms with E-state index in [1.54, 1.807) is 12.1 Å². The molecule has 0 aromatic heterocycles. The fraction of sp³-hybridized carbons (Fsp3) is 0.286. The number of hydrogen-bond acceptors (Lipinski definition) is 7. The van der Waals surface area contributed by atoms with Crippen LogP contribution in [0.15, 0.2) is 65.6 Å². The van der Waals surface area contributed by atoms with Gasteiger partial charge in [0.25, 0.3) is 15.9 Å². The molecule has 0 saturated carbocycles. The highest BCUT2D eigenvalue weighted by Gasteiger charge is 2.61.